The van der Waals surface area contributed by atoms with Crippen molar-refractivity contribution in [3.63, 3.8) is 0 Å². The van der Waals surface area contributed by atoms with Crippen molar-refractivity contribution in [1.29, 1.82) is 0 Å². The summed E-state index contributed by atoms with van der Waals surface area (Å²) in [6.45, 7) is 6.51. The molecule has 0 aliphatic heterocycles. The molecule has 6 nitrogen and oxygen atoms in total. The topological polar surface area (TPSA) is 65.7 Å². The summed E-state index contributed by atoms with van der Waals surface area (Å²) in [7, 11) is 1.66. The van der Waals surface area contributed by atoms with E-state index in [9.17, 15) is 4.79 Å². The number of ether oxygens (including phenoxy) is 2. The van der Waals surface area contributed by atoms with Crippen LogP contribution in [0.25, 0.3) is 22.3 Å². The molecule has 4 aromatic carbocycles. The van der Waals surface area contributed by atoms with Gasteiger partial charge in [0.15, 0.2) is 5.82 Å². The molecule has 0 atom stereocenters. The van der Waals surface area contributed by atoms with Crippen LogP contribution in [0.2, 0.25) is 10.0 Å². The van der Waals surface area contributed by atoms with Crippen molar-refractivity contribution >= 4 is 40.3 Å². The van der Waals surface area contributed by atoms with Crippen LogP contribution in [0.3, 0.4) is 0 Å². The van der Waals surface area contributed by atoms with Gasteiger partial charge in [-0.15, -0.1) is 0 Å². The number of rotatable bonds is 8. The molecule has 5 rings (SSSR count). The van der Waals surface area contributed by atoms with Gasteiger partial charge in [0.1, 0.15) is 18.1 Å². The SMILES string of the molecule is COc1cc(C)c(-c2nc3ccccc3c(=O)n2N=Cc2cccc(OCc3ccc(Cl)c(Cl)c3)c2)cc1C(C)C. The van der Waals surface area contributed by atoms with E-state index in [1.165, 1.54) is 4.68 Å². The Morgan fingerprint density at radius 3 is 2.54 bits per heavy atom. The summed E-state index contributed by atoms with van der Waals surface area (Å²) in [5, 5.41) is 6.10. The molecular weight excluding hydrogens is 557 g/mol. The van der Waals surface area contributed by atoms with Gasteiger partial charge in [-0.1, -0.05) is 67.4 Å². The fraction of sp³-hybridized carbons (Fsp3) is 0.182. The number of benzene rings is 4. The highest BCUT2D eigenvalue weighted by atomic mass is 35.5. The minimum Gasteiger partial charge on any atom is -0.496 e. The lowest BCUT2D eigenvalue weighted by atomic mass is 9.96. The molecule has 0 aliphatic carbocycles. The fourth-order valence-corrected chi connectivity index (χ4v) is 4.90. The smallest absolute Gasteiger partial charge is 0.282 e. The Morgan fingerprint density at radius 1 is 0.976 bits per heavy atom. The van der Waals surface area contributed by atoms with Crippen LogP contribution in [-0.2, 0) is 6.61 Å². The summed E-state index contributed by atoms with van der Waals surface area (Å²) in [4.78, 5) is 18.6. The number of aromatic nitrogens is 2. The second kappa shape index (κ2) is 12.2. The van der Waals surface area contributed by atoms with Crippen molar-refractivity contribution < 1.29 is 9.47 Å². The van der Waals surface area contributed by atoms with Gasteiger partial charge in [-0.2, -0.15) is 9.78 Å². The highest BCUT2D eigenvalue weighted by molar-refractivity contribution is 6.42. The number of aryl methyl sites for hydroxylation is 1. The second-order valence-corrected chi connectivity index (χ2v) is 10.8. The Labute approximate surface area is 248 Å². The van der Waals surface area contributed by atoms with Gasteiger partial charge in [0.2, 0.25) is 0 Å². The third kappa shape index (κ3) is 6.14. The molecule has 0 amide bonds. The summed E-state index contributed by atoms with van der Waals surface area (Å²) < 4.78 is 13.0. The number of hydrogen-bond donors (Lipinski definition) is 0. The molecule has 5 aromatic rings. The minimum absolute atomic E-state index is 0.208. The van der Waals surface area contributed by atoms with Crippen molar-refractivity contribution in [3.8, 4) is 22.9 Å². The third-order valence-electron chi connectivity index (χ3n) is 6.76. The van der Waals surface area contributed by atoms with Gasteiger partial charge in [-0.05, 0) is 83.6 Å². The largest absolute Gasteiger partial charge is 0.496 e. The first-order valence-electron chi connectivity index (χ1n) is 13.2. The van der Waals surface area contributed by atoms with Crippen LogP contribution in [0.1, 0.15) is 42.0 Å². The van der Waals surface area contributed by atoms with E-state index in [-0.39, 0.29) is 11.5 Å². The predicted octanol–water partition coefficient (Wildman–Crippen LogP) is 8.27. The van der Waals surface area contributed by atoms with Crippen molar-refractivity contribution in [2.24, 2.45) is 5.10 Å². The summed E-state index contributed by atoms with van der Waals surface area (Å²) >= 11 is 12.2. The van der Waals surface area contributed by atoms with Crippen LogP contribution in [0.15, 0.2) is 88.8 Å². The average molecular weight is 587 g/mol. The molecule has 0 saturated heterocycles. The standard InChI is InChI=1S/C33H29Cl2N3O3/c1-20(2)26-17-27(21(3)14-31(26)40-4)32-37-30-11-6-5-10-25(30)33(39)38(32)36-18-22-8-7-9-24(15-22)41-19-23-12-13-28(34)29(35)16-23/h5-18,20H,19H2,1-4H3. The van der Waals surface area contributed by atoms with Crippen LogP contribution in [0, 0.1) is 6.92 Å². The maximum absolute atomic E-state index is 13.7. The monoisotopic (exact) mass is 585 g/mol. The number of fused-ring (bicyclic) bond motifs is 1. The first kappa shape index (κ1) is 28.4. The lowest BCUT2D eigenvalue weighted by Crippen LogP contribution is -2.20. The number of halogens is 2. The van der Waals surface area contributed by atoms with Crippen molar-refractivity contribution in [3.05, 3.63) is 122 Å². The molecule has 8 heteroatoms. The molecule has 0 unspecified atom stereocenters. The van der Waals surface area contributed by atoms with Crippen LogP contribution >= 0.6 is 23.2 Å². The minimum atomic E-state index is -0.254. The van der Waals surface area contributed by atoms with Gasteiger partial charge in [0.25, 0.3) is 5.56 Å². The maximum atomic E-state index is 13.7. The molecule has 0 radical (unpaired) electrons. The Morgan fingerprint density at radius 2 is 1.78 bits per heavy atom. The molecule has 0 fully saturated rings. The fourth-order valence-electron chi connectivity index (χ4n) is 4.58. The highest BCUT2D eigenvalue weighted by Crippen LogP contribution is 2.34. The third-order valence-corrected chi connectivity index (χ3v) is 7.50. The average Bonchev–Trinajstić information content (AvgIpc) is 2.97. The zero-order valence-electron chi connectivity index (χ0n) is 23.2. The summed E-state index contributed by atoms with van der Waals surface area (Å²) in [6, 6.07) is 24.2. The molecule has 0 aliphatic rings. The van der Waals surface area contributed by atoms with Gasteiger partial charge in [0.05, 0.1) is 34.3 Å². The Kier molecular flexibility index (Phi) is 8.43. The van der Waals surface area contributed by atoms with Crippen LogP contribution in [0.4, 0.5) is 0 Å². The molecule has 1 aromatic heterocycles. The molecule has 0 spiro atoms. The van der Waals surface area contributed by atoms with E-state index in [1.807, 2.05) is 67.6 Å². The predicted molar refractivity (Wildman–Crippen MR) is 167 cm³/mol. The summed E-state index contributed by atoms with van der Waals surface area (Å²) in [5.74, 6) is 2.12. The van der Waals surface area contributed by atoms with Crippen molar-refractivity contribution in [1.82, 2.24) is 9.66 Å². The molecule has 41 heavy (non-hydrogen) atoms. The first-order valence-corrected chi connectivity index (χ1v) is 13.9. The van der Waals surface area contributed by atoms with E-state index < -0.39 is 0 Å². The number of methoxy groups -OCH3 is 1. The number of para-hydroxylation sites is 1. The molecule has 1 heterocycles. The van der Waals surface area contributed by atoms with E-state index in [4.69, 9.17) is 37.7 Å². The lowest BCUT2D eigenvalue weighted by molar-refractivity contribution is 0.306. The van der Waals surface area contributed by atoms with Crippen LogP contribution in [0.5, 0.6) is 11.5 Å². The van der Waals surface area contributed by atoms with Gasteiger partial charge in [-0.3, -0.25) is 4.79 Å². The van der Waals surface area contributed by atoms with Crippen LogP contribution in [-0.4, -0.2) is 23.0 Å². The number of nitrogens with zero attached hydrogens (tertiary/aromatic N) is 3. The summed E-state index contributed by atoms with van der Waals surface area (Å²) in [5.41, 5.74) is 4.78. The molecule has 208 valence electrons. The highest BCUT2D eigenvalue weighted by Gasteiger charge is 2.18. The molecule has 0 bridgehead atoms. The van der Waals surface area contributed by atoms with E-state index in [2.05, 4.69) is 18.9 Å². The van der Waals surface area contributed by atoms with Crippen molar-refractivity contribution in [2.75, 3.05) is 7.11 Å². The molecule has 0 saturated carbocycles. The zero-order valence-corrected chi connectivity index (χ0v) is 24.7. The van der Waals surface area contributed by atoms with E-state index in [0.717, 1.165) is 33.6 Å². The van der Waals surface area contributed by atoms with Gasteiger partial charge in [-0.25, -0.2) is 4.98 Å². The van der Waals surface area contributed by atoms with E-state index in [0.29, 0.717) is 39.1 Å². The van der Waals surface area contributed by atoms with Gasteiger partial charge >= 0.3 is 0 Å². The Hall–Kier alpha value is -4.13. The molecular formula is C33H29Cl2N3O3. The summed E-state index contributed by atoms with van der Waals surface area (Å²) in [6.07, 6.45) is 1.63. The Balaban J connectivity index is 1.54. The van der Waals surface area contributed by atoms with Crippen LogP contribution < -0.4 is 15.0 Å². The lowest BCUT2D eigenvalue weighted by Gasteiger charge is -2.17. The zero-order chi connectivity index (χ0) is 29.1. The van der Waals surface area contributed by atoms with Crippen molar-refractivity contribution in [2.45, 2.75) is 33.3 Å². The first-order chi connectivity index (χ1) is 19.7. The number of hydrogen-bond acceptors (Lipinski definition) is 5. The van der Waals surface area contributed by atoms with E-state index in [1.54, 1.807) is 31.5 Å². The van der Waals surface area contributed by atoms with Gasteiger partial charge < -0.3 is 9.47 Å². The molecule has 0 N–H and O–H groups in total. The second-order valence-electron chi connectivity index (χ2n) is 9.99. The Bertz CT molecular complexity index is 1830. The van der Waals surface area contributed by atoms with Gasteiger partial charge in [0, 0.05) is 5.56 Å². The maximum Gasteiger partial charge on any atom is 0.282 e. The normalized spacial score (nSPS) is 11.5. The quantitative estimate of drug-likeness (QED) is 0.172. The van der Waals surface area contributed by atoms with E-state index >= 15 is 0 Å².